The van der Waals surface area contributed by atoms with Gasteiger partial charge in [0.1, 0.15) is 17.3 Å². The van der Waals surface area contributed by atoms with Gasteiger partial charge in [0.15, 0.2) is 11.5 Å². The fourth-order valence-corrected chi connectivity index (χ4v) is 1.56. The monoisotopic (exact) mass is 268 g/mol. The third kappa shape index (κ3) is 2.22. The van der Waals surface area contributed by atoms with E-state index in [9.17, 15) is 18.0 Å². The van der Waals surface area contributed by atoms with Gasteiger partial charge in [-0.2, -0.15) is 0 Å². The minimum Gasteiger partial charge on any atom is -0.476 e. The molecule has 2 aromatic rings. The Morgan fingerprint density at radius 2 is 1.74 bits per heavy atom. The van der Waals surface area contributed by atoms with Crippen molar-refractivity contribution < 1.29 is 23.1 Å². The van der Waals surface area contributed by atoms with E-state index in [4.69, 9.17) is 10.8 Å². The van der Waals surface area contributed by atoms with Crippen LogP contribution in [0.25, 0.3) is 11.3 Å². The number of aromatic nitrogens is 1. The highest BCUT2D eigenvalue weighted by Gasteiger charge is 2.20. The van der Waals surface area contributed by atoms with Gasteiger partial charge in [-0.3, -0.25) is 0 Å². The van der Waals surface area contributed by atoms with Gasteiger partial charge in [-0.15, -0.1) is 0 Å². The number of hydrogen-bond donors (Lipinski definition) is 2. The van der Waals surface area contributed by atoms with Gasteiger partial charge < -0.3 is 10.8 Å². The Kier molecular flexibility index (Phi) is 3.12. The highest BCUT2D eigenvalue weighted by molar-refractivity contribution is 5.92. The van der Waals surface area contributed by atoms with E-state index in [0.29, 0.717) is 6.07 Å². The molecular formula is C12H7F3N2O2. The van der Waals surface area contributed by atoms with Gasteiger partial charge in [-0.25, -0.2) is 22.9 Å². The van der Waals surface area contributed by atoms with E-state index in [-0.39, 0.29) is 0 Å². The number of carboxylic acid groups (broad SMARTS) is 1. The Morgan fingerprint density at radius 3 is 2.26 bits per heavy atom. The molecule has 0 saturated heterocycles. The first-order valence-corrected chi connectivity index (χ1v) is 5.05. The summed E-state index contributed by atoms with van der Waals surface area (Å²) in [5, 5.41) is 8.80. The molecule has 0 radical (unpaired) electrons. The molecule has 0 aliphatic heterocycles. The number of carbonyl (C=O) groups is 1. The molecule has 0 fully saturated rings. The Balaban J connectivity index is 2.74. The molecule has 1 heterocycles. The van der Waals surface area contributed by atoms with Crippen molar-refractivity contribution in [3.05, 3.63) is 47.4 Å². The lowest BCUT2D eigenvalue weighted by Gasteiger charge is -2.08. The summed E-state index contributed by atoms with van der Waals surface area (Å²) < 4.78 is 40.5. The van der Waals surface area contributed by atoms with Crippen molar-refractivity contribution in [2.24, 2.45) is 0 Å². The zero-order chi connectivity index (χ0) is 14.2. The van der Waals surface area contributed by atoms with Crippen molar-refractivity contribution in [2.45, 2.75) is 0 Å². The van der Waals surface area contributed by atoms with Crippen LogP contribution in [0, 0.1) is 17.5 Å². The first-order valence-electron chi connectivity index (χ1n) is 5.05. The standard InChI is InChI=1S/C12H7F3N2O2/c13-5-2-1-3-6(14)9(5)8-4-7(15)10(16)11(17-8)12(18)19/h1-4H,16H2,(H,18,19). The number of halogens is 3. The smallest absolute Gasteiger partial charge is 0.356 e. The first-order chi connectivity index (χ1) is 8.91. The van der Waals surface area contributed by atoms with Crippen molar-refractivity contribution >= 4 is 11.7 Å². The largest absolute Gasteiger partial charge is 0.476 e. The van der Waals surface area contributed by atoms with Crippen LogP contribution >= 0.6 is 0 Å². The number of rotatable bonds is 2. The van der Waals surface area contributed by atoms with Gasteiger partial charge in [0.2, 0.25) is 0 Å². The van der Waals surface area contributed by atoms with Crippen LogP contribution in [0.15, 0.2) is 24.3 Å². The Labute approximate surface area is 105 Å². The van der Waals surface area contributed by atoms with Crippen molar-refractivity contribution in [3.8, 4) is 11.3 Å². The van der Waals surface area contributed by atoms with Crippen molar-refractivity contribution in [2.75, 3.05) is 5.73 Å². The van der Waals surface area contributed by atoms with E-state index in [1.54, 1.807) is 0 Å². The van der Waals surface area contributed by atoms with Crippen LogP contribution in [0.5, 0.6) is 0 Å². The average Bonchev–Trinajstić information content (AvgIpc) is 2.32. The van der Waals surface area contributed by atoms with Crippen molar-refractivity contribution in [1.29, 1.82) is 0 Å². The molecule has 1 aromatic carbocycles. The molecule has 19 heavy (non-hydrogen) atoms. The first kappa shape index (κ1) is 12.9. The molecule has 0 unspecified atom stereocenters. The second kappa shape index (κ2) is 4.60. The zero-order valence-electron chi connectivity index (χ0n) is 9.32. The Hall–Kier alpha value is -2.57. The van der Waals surface area contributed by atoms with E-state index < -0.39 is 46.1 Å². The molecule has 98 valence electrons. The fraction of sp³-hybridized carbons (Fsp3) is 0. The van der Waals surface area contributed by atoms with Crippen LogP contribution in [0.4, 0.5) is 18.9 Å². The van der Waals surface area contributed by atoms with Crippen LogP contribution in [0.1, 0.15) is 10.5 Å². The van der Waals surface area contributed by atoms with E-state index >= 15 is 0 Å². The maximum Gasteiger partial charge on any atom is 0.356 e. The van der Waals surface area contributed by atoms with E-state index in [2.05, 4.69) is 4.98 Å². The van der Waals surface area contributed by atoms with Crippen LogP contribution in [-0.2, 0) is 0 Å². The van der Waals surface area contributed by atoms with Gasteiger partial charge in [-0.1, -0.05) is 6.07 Å². The predicted octanol–water partition coefficient (Wildman–Crippen LogP) is 2.45. The highest BCUT2D eigenvalue weighted by atomic mass is 19.1. The summed E-state index contributed by atoms with van der Waals surface area (Å²) in [6.45, 7) is 0. The number of hydrogen-bond acceptors (Lipinski definition) is 3. The molecule has 0 atom stereocenters. The molecule has 0 saturated carbocycles. The normalized spacial score (nSPS) is 10.5. The van der Waals surface area contributed by atoms with Crippen molar-refractivity contribution in [1.82, 2.24) is 4.98 Å². The van der Waals surface area contributed by atoms with Crippen LogP contribution in [-0.4, -0.2) is 16.1 Å². The third-order valence-electron chi connectivity index (χ3n) is 2.43. The minimum absolute atomic E-state index is 0.472. The average molecular weight is 268 g/mol. The van der Waals surface area contributed by atoms with Crippen LogP contribution in [0.2, 0.25) is 0 Å². The zero-order valence-corrected chi connectivity index (χ0v) is 9.32. The summed E-state index contributed by atoms with van der Waals surface area (Å²) in [7, 11) is 0. The molecule has 3 N–H and O–H groups in total. The number of nitrogens with zero attached hydrogens (tertiary/aromatic N) is 1. The molecule has 4 nitrogen and oxygen atoms in total. The number of carboxylic acids is 1. The Bertz CT molecular complexity index is 654. The van der Waals surface area contributed by atoms with Gasteiger partial charge in [-0.05, 0) is 12.1 Å². The van der Waals surface area contributed by atoms with E-state index in [1.807, 2.05) is 0 Å². The molecule has 2 rings (SSSR count). The third-order valence-corrected chi connectivity index (χ3v) is 2.43. The lowest BCUT2D eigenvalue weighted by atomic mass is 10.1. The lowest BCUT2D eigenvalue weighted by Crippen LogP contribution is -2.09. The lowest BCUT2D eigenvalue weighted by molar-refractivity contribution is 0.0691. The van der Waals surface area contributed by atoms with Gasteiger partial charge in [0, 0.05) is 6.07 Å². The molecule has 0 aliphatic rings. The quantitative estimate of drug-likeness (QED) is 0.877. The topological polar surface area (TPSA) is 76.2 Å². The van der Waals surface area contributed by atoms with Gasteiger partial charge >= 0.3 is 5.97 Å². The molecule has 0 bridgehead atoms. The molecule has 0 aliphatic carbocycles. The van der Waals surface area contributed by atoms with E-state index in [1.165, 1.54) is 0 Å². The summed E-state index contributed by atoms with van der Waals surface area (Å²) >= 11 is 0. The molecule has 7 heteroatoms. The summed E-state index contributed by atoms with van der Waals surface area (Å²) in [5.41, 5.74) is 2.64. The number of pyridine rings is 1. The number of nitrogen functional groups attached to an aromatic ring is 1. The number of benzene rings is 1. The summed E-state index contributed by atoms with van der Waals surface area (Å²) in [5.74, 6) is -4.65. The molecular weight excluding hydrogens is 261 g/mol. The SMILES string of the molecule is Nc1c(F)cc(-c2c(F)cccc2F)nc1C(=O)O. The van der Waals surface area contributed by atoms with Gasteiger partial charge in [0.05, 0.1) is 11.3 Å². The summed E-state index contributed by atoms with van der Waals surface area (Å²) in [6, 6.07) is 3.72. The number of anilines is 1. The Morgan fingerprint density at radius 1 is 1.16 bits per heavy atom. The van der Waals surface area contributed by atoms with Crippen LogP contribution in [0.3, 0.4) is 0 Å². The highest BCUT2D eigenvalue weighted by Crippen LogP contribution is 2.27. The molecule has 1 aromatic heterocycles. The fourth-order valence-electron chi connectivity index (χ4n) is 1.56. The van der Waals surface area contributed by atoms with E-state index in [0.717, 1.165) is 18.2 Å². The number of nitrogens with two attached hydrogens (primary N) is 1. The maximum absolute atomic E-state index is 13.5. The summed E-state index contributed by atoms with van der Waals surface area (Å²) in [6.07, 6.45) is 0. The molecule has 0 amide bonds. The number of aromatic carboxylic acids is 1. The second-order valence-electron chi connectivity index (χ2n) is 3.65. The molecule has 0 spiro atoms. The minimum atomic E-state index is -1.59. The van der Waals surface area contributed by atoms with Crippen molar-refractivity contribution in [3.63, 3.8) is 0 Å². The van der Waals surface area contributed by atoms with Gasteiger partial charge in [0.25, 0.3) is 0 Å². The predicted molar refractivity (Wildman–Crippen MR) is 60.9 cm³/mol. The summed E-state index contributed by atoms with van der Waals surface area (Å²) in [4.78, 5) is 14.3. The van der Waals surface area contributed by atoms with Crippen LogP contribution < -0.4 is 5.73 Å². The second-order valence-corrected chi connectivity index (χ2v) is 3.65. The maximum atomic E-state index is 13.5.